The molecule has 0 aliphatic carbocycles. The highest BCUT2D eigenvalue weighted by Crippen LogP contribution is 2.17. The fraction of sp³-hybridized carbons (Fsp3) is 0.914. The summed E-state index contributed by atoms with van der Waals surface area (Å²) in [5, 5.41) is 33.7. The molecule has 0 radical (unpaired) electrons. The summed E-state index contributed by atoms with van der Waals surface area (Å²) in [5.41, 5.74) is 0. The molecule has 0 aliphatic heterocycles. The lowest BCUT2D eigenvalue weighted by molar-refractivity contribution is -0.124. The smallest absolute Gasteiger partial charge is 0.220 e. The standard InChI is InChI=1S/C58H113NO4/c1-3-5-7-9-11-13-15-17-19-21-23-25-26-27-28-29-30-31-32-33-35-37-39-41-43-45-47-49-51-53-57(62)59-55(54-60)58(63)56(61)52-50-48-46-44-42-40-38-36-34-24-22-20-18-16-14-12-10-8-6-4-2/h27-28,44,46,55-56,58,60-61,63H,3-26,29-43,45,47-54H2,1-2H3,(H,59,62)/b28-27-,46-44+. The van der Waals surface area contributed by atoms with Crippen LogP contribution < -0.4 is 5.32 Å². The summed E-state index contributed by atoms with van der Waals surface area (Å²) in [6, 6.07) is -0.825. The SMILES string of the molecule is CCCCCCCCCCCCCC/C=C\CCCCCCCCCCCCCCCC(=O)NC(CO)C(O)C(O)CCC/C=C/CCCCCCCCCCCCCCCCC. The molecule has 5 nitrogen and oxygen atoms in total. The first-order chi connectivity index (χ1) is 31.1. The van der Waals surface area contributed by atoms with Crippen LogP contribution in [0.4, 0.5) is 0 Å². The lowest BCUT2D eigenvalue weighted by Crippen LogP contribution is -2.50. The van der Waals surface area contributed by atoms with E-state index in [1.165, 1.54) is 250 Å². The van der Waals surface area contributed by atoms with Crippen LogP contribution in [0.2, 0.25) is 0 Å². The molecule has 5 heteroatoms. The van der Waals surface area contributed by atoms with Crippen molar-refractivity contribution in [3.8, 4) is 0 Å². The van der Waals surface area contributed by atoms with E-state index in [1.54, 1.807) is 0 Å². The molecular weight excluding hydrogens is 775 g/mol. The average Bonchev–Trinajstić information content (AvgIpc) is 3.29. The molecule has 0 fully saturated rings. The first-order valence-electron chi connectivity index (χ1n) is 28.6. The first kappa shape index (κ1) is 61.8. The number of rotatable bonds is 53. The summed E-state index contributed by atoms with van der Waals surface area (Å²) >= 11 is 0. The molecule has 0 heterocycles. The fourth-order valence-electron chi connectivity index (χ4n) is 9.10. The first-order valence-corrected chi connectivity index (χ1v) is 28.6. The molecule has 0 bridgehead atoms. The van der Waals surface area contributed by atoms with Crippen molar-refractivity contribution in [2.24, 2.45) is 0 Å². The average molecular weight is 889 g/mol. The number of aliphatic hydroxyl groups excluding tert-OH is 3. The normalized spacial score (nSPS) is 13.4. The van der Waals surface area contributed by atoms with E-state index < -0.39 is 18.2 Å². The van der Waals surface area contributed by atoms with Gasteiger partial charge in [-0.05, 0) is 64.2 Å². The number of amides is 1. The number of aliphatic hydroxyl groups is 3. The van der Waals surface area contributed by atoms with Crippen molar-refractivity contribution >= 4 is 5.91 Å². The number of allylic oxidation sites excluding steroid dienone is 4. The Kier molecular flexibility index (Phi) is 52.5. The maximum Gasteiger partial charge on any atom is 0.220 e. The molecule has 374 valence electrons. The second kappa shape index (κ2) is 53.4. The van der Waals surface area contributed by atoms with Crippen molar-refractivity contribution in [3.05, 3.63) is 24.3 Å². The van der Waals surface area contributed by atoms with E-state index in [9.17, 15) is 20.1 Å². The molecule has 0 aromatic rings. The van der Waals surface area contributed by atoms with Gasteiger partial charge in [0.1, 0.15) is 6.10 Å². The topological polar surface area (TPSA) is 89.8 Å². The number of carbonyl (C=O) groups excluding carboxylic acids is 1. The molecule has 0 saturated carbocycles. The second-order valence-electron chi connectivity index (χ2n) is 19.8. The van der Waals surface area contributed by atoms with Crippen LogP contribution in [0.25, 0.3) is 0 Å². The summed E-state index contributed by atoms with van der Waals surface area (Å²) in [6.07, 6.45) is 67.7. The zero-order valence-corrected chi connectivity index (χ0v) is 42.7. The van der Waals surface area contributed by atoms with E-state index in [4.69, 9.17) is 0 Å². The molecule has 0 aromatic carbocycles. The van der Waals surface area contributed by atoms with Crippen LogP contribution in [-0.4, -0.2) is 46.1 Å². The lowest BCUT2D eigenvalue weighted by atomic mass is 10.0. The van der Waals surface area contributed by atoms with Gasteiger partial charge in [-0.2, -0.15) is 0 Å². The van der Waals surface area contributed by atoms with Gasteiger partial charge in [0.05, 0.1) is 18.8 Å². The summed E-state index contributed by atoms with van der Waals surface area (Å²) in [7, 11) is 0. The Morgan fingerprint density at radius 2 is 0.635 bits per heavy atom. The monoisotopic (exact) mass is 888 g/mol. The highest BCUT2D eigenvalue weighted by molar-refractivity contribution is 5.76. The zero-order chi connectivity index (χ0) is 45.8. The maximum atomic E-state index is 12.5. The summed E-state index contributed by atoms with van der Waals surface area (Å²) in [6.45, 7) is 4.21. The molecule has 0 rings (SSSR count). The van der Waals surface area contributed by atoms with Crippen LogP contribution in [0.3, 0.4) is 0 Å². The van der Waals surface area contributed by atoms with Gasteiger partial charge in [-0.1, -0.05) is 269 Å². The van der Waals surface area contributed by atoms with Gasteiger partial charge < -0.3 is 20.6 Å². The van der Waals surface area contributed by atoms with Crippen molar-refractivity contribution in [2.45, 2.75) is 334 Å². The molecule has 63 heavy (non-hydrogen) atoms. The van der Waals surface area contributed by atoms with Gasteiger partial charge in [0.25, 0.3) is 0 Å². The Morgan fingerprint density at radius 1 is 0.381 bits per heavy atom. The molecule has 0 aliphatic rings. The van der Waals surface area contributed by atoms with Gasteiger partial charge in [0, 0.05) is 6.42 Å². The van der Waals surface area contributed by atoms with E-state index in [-0.39, 0.29) is 12.5 Å². The zero-order valence-electron chi connectivity index (χ0n) is 42.7. The van der Waals surface area contributed by atoms with Crippen LogP contribution in [0.5, 0.6) is 0 Å². The van der Waals surface area contributed by atoms with Crippen LogP contribution in [0, 0.1) is 0 Å². The van der Waals surface area contributed by atoms with Crippen LogP contribution in [-0.2, 0) is 4.79 Å². The van der Waals surface area contributed by atoms with Gasteiger partial charge in [0.2, 0.25) is 5.91 Å². The Morgan fingerprint density at radius 3 is 0.921 bits per heavy atom. The van der Waals surface area contributed by atoms with Crippen molar-refractivity contribution < 1.29 is 20.1 Å². The highest BCUT2D eigenvalue weighted by atomic mass is 16.3. The van der Waals surface area contributed by atoms with Gasteiger partial charge in [-0.25, -0.2) is 0 Å². The Bertz CT molecular complexity index is 936. The molecule has 3 unspecified atom stereocenters. The van der Waals surface area contributed by atoms with E-state index in [0.29, 0.717) is 12.8 Å². The predicted molar refractivity (Wildman–Crippen MR) is 278 cm³/mol. The fourth-order valence-corrected chi connectivity index (χ4v) is 9.10. The van der Waals surface area contributed by atoms with E-state index in [2.05, 4.69) is 43.5 Å². The molecule has 1 amide bonds. The Balaban J connectivity index is 3.54. The minimum Gasteiger partial charge on any atom is -0.394 e. The number of unbranched alkanes of at least 4 members (excludes halogenated alkanes) is 41. The van der Waals surface area contributed by atoms with Crippen molar-refractivity contribution in [1.82, 2.24) is 5.32 Å². The lowest BCUT2D eigenvalue weighted by Gasteiger charge is -2.26. The number of hydrogen-bond donors (Lipinski definition) is 4. The quantitative estimate of drug-likeness (QED) is 0.0362. The summed E-state index contributed by atoms with van der Waals surface area (Å²) in [4.78, 5) is 12.5. The number of nitrogens with one attached hydrogen (secondary N) is 1. The maximum absolute atomic E-state index is 12.5. The van der Waals surface area contributed by atoms with Crippen molar-refractivity contribution in [3.63, 3.8) is 0 Å². The summed E-state index contributed by atoms with van der Waals surface area (Å²) < 4.78 is 0. The van der Waals surface area contributed by atoms with Gasteiger partial charge in [-0.15, -0.1) is 0 Å². The molecule has 0 spiro atoms. The molecule has 3 atom stereocenters. The minimum atomic E-state index is -1.16. The molecular formula is C58H113NO4. The van der Waals surface area contributed by atoms with Gasteiger partial charge in [-0.3, -0.25) is 4.79 Å². The number of carbonyl (C=O) groups is 1. The van der Waals surface area contributed by atoms with E-state index in [1.807, 2.05) is 0 Å². The summed E-state index contributed by atoms with van der Waals surface area (Å²) in [5.74, 6) is -0.150. The largest absolute Gasteiger partial charge is 0.394 e. The van der Waals surface area contributed by atoms with Gasteiger partial charge >= 0.3 is 0 Å². The van der Waals surface area contributed by atoms with Gasteiger partial charge in [0.15, 0.2) is 0 Å². The highest BCUT2D eigenvalue weighted by Gasteiger charge is 2.26. The second-order valence-corrected chi connectivity index (χ2v) is 19.8. The number of hydrogen-bond acceptors (Lipinski definition) is 4. The van der Waals surface area contributed by atoms with Crippen molar-refractivity contribution in [1.29, 1.82) is 0 Å². The van der Waals surface area contributed by atoms with Crippen molar-refractivity contribution in [2.75, 3.05) is 6.61 Å². The third-order valence-electron chi connectivity index (χ3n) is 13.5. The third-order valence-corrected chi connectivity index (χ3v) is 13.5. The van der Waals surface area contributed by atoms with E-state index in [0.717, 1.165) is 38.5 Å². The van der Waals surface area contributed by atoms with Crippen LogP contribution >= 0.6 is 0 Å². The Labute approximate surface area is 394 Å². The Hall–Kier alpha value is -1.17. The van der Waals surface area contributed by atoms with E-state index >= 15 is 0 Å². The molecule has 4 N–H and O–H groups in total. The minimum absolute atomic E-state index is 0.150. The van der Waals surface area contributed by atoms with Crippen LogP contribution in [0.15, 0.2) is 24.3 Å². The third kappa shape index (κ3) is 48.6. The molecule has 0 saturated heterocycles. The predicted octanol–water partition coefficient (Wildman–Crippen LogP) is 17.7. The molecule has 0 aromatic heterocycles. The van der Waals surface area contributed by atoms with Crippen LogP contribution in [0.1, 0.15) is 316 Å².